The van der Waals surface area contributed by atoms with Crippen LogP contribution in [0.5, 0.6) is 0 Å². The van der Waals surface area contributed by atoms with Crippen molar-refractivity contribution in [2.45, 2.75) is 135 Å². The van der Waals surface area contributed by atoms with Gasteiger partial charge in [0.25, 0.3) is 0 Å². The van der Waals surface area contributed by atoms with Gasteiger partial charge in [-0.3, -0.25) is 67.1 Å². The van der Waals surface area contributed by atoms with Crippen LogP contribution in [0.4, 0.5) is 0 Å². The molecule has 0 saturated heterocycles. The summed E-state index contributed by atoms with van der Waals surface area (Å²) in [7, 11) is 0. The van der Waals surface area contributed by atoms with E-state index in [2.05, 4.69) is 16.0 Å². The van der Waals surface area contributed by atoms with Crippen molar-refractivity contribution in [2.75, 3.05) is 0 Å². The number of hydrogen-bond acceptors (Lipinski definition) is 16. The van der Waals surface area contributed by atoms with E-state index in [0.717, 1.165) is 13.8 Å². The van der Waals surface area contributed by atoms with Gasteiger partial charge < -0.3 is 77.9 Å². The summed E-state index contributed by atoms with van der Waals surface area (Å²) >= 11 is 0. The van der Waals surface area contributed by atoms with Crippen LogP contribution in [0, 0.1) is 11.8 Å². The molecular weight excluding hydrogens is 900 g/mol. The fraction of sp³-hybridized carbons (Fsp3) is 0.622. The first-order valence-corrected chi connectivity index (χ1v) is 19.1. The Morgan fingerprint density at radius 3 is 1.14 bits per heavy atom. The molecule has 0 spiro atoms. The minimum atomic E-state index is -1.81. The SMILES string of the molecule is CC(=O)NC(CC(=O)O)C(=O)CC(CCC(=O)O)C(=O)O.CC(=O)NC(CC(=O)O)C(C)(O)CC(CCC(=O)O)C(=O)O.CC(=O)NC(CC(=O)O)CC(=O)O.NC(CCC(=O)O)C(=O)O. The van der Waals surface area contributed by atoms with Crippen molar-refractivity contribution in [3.05, 3.63) is 0 Å². The van der Waals surface area contributed by atoms with Crippen molar-refractivity contribution < 1.29 is 123 Å². The molecule has 29 nitrogen and oxygen atoms in total. The molecule has 6 atom stereocenters. The number of nitrogens with two attached hydrogens (primary N) is 1. The number of aliphatic carboxylic acids is 10. The molecule has 0 saturated carbocycles. The molecule has 0 bridgehead atoms. The number of rotatable bonds is 29. The summed E-state index contributed by atoms with van der Waals surface area (Å²) in [6, 6.07) is -4.41. The van der Waals surface area contributed by atoms with Crippen LogP contribution < -0.4 is 21.7 Å². The zero-order valence-corrected chi connectivity index (χ0v) is 36.2. The number of nitrogens with one attached hydrogen (secondary N) is 3. The predicted molar refractivity (Wildman–Crippen MR) is 215 cm³/mol. The van der Waals surface area contributed by atoms with Gasteiger partial charge in [0.15, 0.2) is 5.78 Å². The predicted octanol–water partition coefficient (Wildman–Crippen LogP) is -2.13. The molecule has 0 aliphatic heterocycles. The number of ketones is 1. The summed E-state index contributed by atoms with van der Waals surface area (Å²) in [4.78, 5) is 149. The topological polar surface area (TPSA) is 524 Å². The first kappa shape index (κ1) is 65.3. The molecule has 0 aromatic heterocycles. The number of Topliss-reactive ketones (excluding diaryl/α,β-unsaturated/α-hetero) is 1. The van der Waals surface area contributed by atoms with Crippen LogP contribution in [-0.2, 0) is 67.1 Å². The molecule has 0 aliphatic carbocycles. The van der Waals surface area contributed by atoms with Crippen molar-refractivity contribution in [2.24, 2.45) is 17.6 Å². The summed E-state index contributed by atoms with van der Waals surface area (Å²) in [5, 5.41) is 103. The van der Waals surface area contributed by atoms with Gasteiger partial charge >= 0.3 is 59.7 Å². The summed E-state index contributed by atoms with van der Waals surface area (Å²) < 4.78 is 0. The zero-order chi connectivity index (χ0) is 52.7. The minimum Gasteiger partial charge on any atom is -0.481 e. The largest absolute Gasteiger partial charge is 0.481 e. The number of carboxylic acids is 10. The molecule has 0 rings (SSSR count). The molecule has 66 heavy (non-hydrogen) atoms. The molecular formula is C37H58N4O25. The van der Waals surface area contributed by atoms with Crippen LogP contribution in [0.2, 0.25) is 0 Å². The van der Waals surface area contributed by atoms with Gasteiger partial charge in [-0.2, -0.15) is 0 Å². The maximum atomic E-state index is 11.9. The minimum absolute atomic E-state index is 0.0231. The highest BCUT2D eigenvalue weighted by atomic mass is 16.4. The van der Waals surface area contributed by atoms with E-state index in [-0.39, 0.29) is 44.9 Å². The normalized spacial score (nSPS) is 13.3. The van der Waals surface area contributed by atoms with Crippen LogP contribution >= 0.6 is 0 Å². The van der Waals surface area contributed by atoms with E-state index in [4.69, 9.17) is 56.8 Å². The van der Waals surface area contributed by atoms with Crippen LogP contribution in [0.1, 0.15) is 105 Å². The van der Waals surface area contributed by atoms with Crippen LogP contribution in [0.25, 0.3) is 0 Å². The summed E-state index contributed by atoms with van der Waals surface area (Å²) in [5.41, 5.74) is 3.19. The van der Waals surface area contributed by atoms with Crippen molar-refractivity contribution in [3.63, 3.8) is 0 Å². The summed E-state index contributed by atoms with van der Waals surface area (Å²) in [6.07, 6.45) is -4.44. The lowest BCUT2D eigenvalue weighted by Gasteiger charge is -2.34. The molecule has 0 fully saturated rings. The van der Waals surface area contributed by atoms with E-state index in [1.807, 2.05) is 0 Å². The van der Waals surface area contributed by atoms with Crippen molar-refractivity contribution >= 4 is 83.2 Å². The highest BCUT2D eigenvalue weighted by Crippen LogP contribution is 2.26. The molecule has 3 amide bonds. The van der Waals surface area contributed by atoms with E-state index in [1.54, 1.807) is 0 Å². The van der Waals surface area contributed by atoms with Gasteiger partial charge in [-0.15, -0.1) is 0 Å². The van der Waals surface area contributed by atoms with Crippen LogP contribution in [-0.4, -0.2) is 169 Å². The van der Waals surface area contributed by atoms with Crippen molar-refractivity contribution in [3.8, 4) is 0 Å². The maximum Gasteiger partial charge on any atom is 0.320 e. The average Bonchev–Trinajstić information content (AvgIpc) is 3.12. The molecule has 0 heterocycles. The Morgan fingerprint density at radius 2 is 0.818 bits per heavy atom. The maximum absolute atomic E-state index is 11.9. The fourth-order valence-corrected chi connectivity index (χ4v) is 5.04. The molecule has 0 radical (unpaired) electrons. The quantitative estimate of drug-likeness (QED) is 0.0381. The van der Waals surface area contributed by atoms with Crippen molar-refractivity contribution in [1.82, 2.24) is 16.0 Å². The van der Waals surface area contributed by atoms with Crippen LogP contribution in [0.3, 0.4) is 0 Å². The molecule has 0 aromatic rings. The number of hydrogen-bond donors (Lipinski definition) is 15. The Balaban J connectivity index is -0.000000406. The lowest BCUT2D eigenvalue weighted by atomic mass is 9.82. The standard InChI is InChI=1S/C13H21NO8.C12H17NO8.C7H11NO5.C5H9NO4/c1-7(15)14-9(5-11(18)19)13(2,22)6-8(12(20)21)3-4-10(16)17;1-6(14)13-8(5-11(18)19)9(15)4-7(12(20)21)2-3-10(16)17;1-4(9)8-5(2-6(10)11)3-7(12)13;6-3(5(9)10)1-2-4(7)8/h8-9,22H,3-6H2,1-2H3,(H,14,15)(H,16,17)(H,18,19)(H,20,21);7-8H,2-5H2,1H3,(H,13,14)(H,16,17)(H,18,19)(H,20,21);5H,2-3H2,1H3,(H,8,9)(H,10,11)(H,12,13);3H,1-2,6H2,(H,7,8)(H,9,10). The average molecular weight is 959 g/mol. The smallest absolute Gasteiger partial charge is 0.320 e. The molecule has 6 unspecified atom stereocenters. The van der Waals surface area contributed by atoms with E-state index in [0.29, 0.717) is 0 Å². The second-order valence-electron chi connectivity index (χ2n) is 14.3. The molecule has 16 N–H and O–H groups in total. The number of carbonyl (C=O) groups excluding carboxylic acids is 4. The number of aliphatic hydroxyl groups is 1. The molecule has 0 aromatic carbocycles. The van der Waals surface area contributed by atoms with Gasteiger partial charge in [0.2, 0.25) is 17.7 Å². The second kappa shape index (κ2) is 34.2. The van der Waals surface area contributed by atoms with Crippen LogP contribution in [0.15, 0.2) is 0 Å². The first-order valence-electron chi connectivity index (χ1n) is 19.1. The number of carboxylic acid groups (broad SMARTS) is 10. The van der Waals surface area contributed by atoms with E-state index < -0.39 is 157 Å². The second-order valence-corrected chi connectivity index (χ2v) is 14.3. The highest BCUT2D eigenvalue weighted by molar-refractivity contribution is 5.93. The van der Waals surface area contributed by atoms with E-state index >= 15 is 0 Å². The molecule has 29 heteroatoms. The lowest BCUT2D eigenvalue weighted by Crippen LogP contribution is -2.52. The van der Waals surface area contributed by atoms with Gasteiger partial charge in [0.1, 0.15) is 6.04 Å². The van der Waals surface area contributed by atoms with Gasteiger partial charge in [-0.1, -0.05) is 0 Å². The Kier molecular flexibility index (Phi) is 33.8. The van der Waals surface area contributed by atoms with E-state index in [1.165, 1.54) is 13.8 Å². The fourth-order valence-electron chi connectivity index (χ4n) is 5.04. The third-order valence-corrected chi connectivity index (χ3v) is 8.11. The lowest BCUT2D eigenvalue weighted by molar-refractivity contribution is -0.148. The van der Waals surface area contributed by atoms with Crippen molar-refractivity contribution in [1.29, 1.82) is 0 Å². The van der Waals surface area contributed by atoms with Gasteiger partial charge in [0, 0.05) is 52.5 Å². The Bertz CT molecular complexity index is 1660. The Hall–Kier alpha value is -7.30. The van der Waals surface area contributed by atoms with E-state index in [9.17, 15) is 72.2 Å². The van der Waals surface area contributed by atoms with Gasteiger partial charge in [-0.25, -0.2) is 0 Å². The molecule has 376 valence electrons. The molecule has 0 aliphatic rings. The third kappa shape index (κ3) is 39.5. The summed E-state index contributed by atoms with van der Waals surface area (Å²) in [5.74, 6) is -16.9. The number of amides is 3. The van der Waals surface area contributed by atoms with Gasteiger partial charge in [-0.05, 0) is 32.6 Å². The van der Waals surface area contributed by atoms with Gasteiger partial charge in [0.05, 0.1) is 55.2 Å². The zero-order valence-electron chi connectivity index (χ0n) is 36.2. The monoisotopic (exact) mass is 958 g/mol. The Labute approximate surface area is 374 Å². The first-order chi connectivity index (χ1) is 30.0. The Morgan fingerprint density at radius 1 is 0.455 bits per heavy atom. The third-order valence-electron chi connectivity index (χ3n) is 8.11. The summed E-state index contributed by atoms with van der Waals surface area (Å²) in [6.45, 7) is 4.66. The highest BCUT2D eigenvalue weighted by Gasteiger charge is 2.38. The number of carbonyl (C=O) groups is 14.